The Balaban J connectivity index is 2.66. The molecule has 0 bridgehead atoms. The highest BCUT2D eigenvalue weighted by Crippen LogP contribution is 2.26. The van der Waals surface area contributed by atoms with Crippen LogP contribution in [-0.4, -0.2) is 107 Å². The van der Waals surface area contributed by atoms with Gasteiger partial charge in [-0.1, -0.05) is 146 Å². The number of unbranched alkanes of at least 4 members (excludes halogenated alkanes) is 18. The van der Waals surface area contributed by atoms with Crippen LogP contribution in [0, 0.1) is 0 Å². The van der Waals surface area contributed by atoms with E-state index in [1.165, 1.54) is 83.1 Å². The zero-order valence-corrected chi connectivity index (χ0v) is 37.0. The molecule has 0 spiro atoms. The molecule has 1 amide bonds. The third kappa shape index (κ3) is 28.3. The van der Waals surface area contributed by atoms with Crippen molar-refractivity contribution in [2.75, 3.05) is 13.2 Å². The van der Waals surface area contributed by atoms with Crippen molar-refractivity contribution in [3.05, 3.63) is 48.6 Å². The fourth-order valence-electron chi connectivity index (χ4n) is 6.78. The molecule has 0 aromatic heterocycles. The lowest BCUT2D eigenvalue weighted by atomic mass is 9.99. The molecule has 0 aromatic rings. The van der Waals surface area contributed by atoms with Gasteiger partial charge in [-0.2, -0.15) is 8.42 Å². The van der Waals surface area contributed by atoms with Gasteiger partial charge >= 0.3 is 10.4 Å². The molecule has 1 heterocycles. The first-order valence-corrected chi connectivity index (χ1v) is 24.0. The molecular formula is C45H81NO12S. The molecule has 14 heteroatoms. The number of hydrogen-bond donors (Lipinski definition) is 7. The van der Waals surface area contributed by atoms with E-state index in [-0.39, 0.29) is 6.42 Å². The molecule has 0 aliphatic carbocycles. The van der Waals surface area contributed by atoms with Crippen LogP contribution in [0.3, 0.4) is 0 Å². The molecule has 7 N–H and O–H groups in total. The average Bonchev–Trinajstić information content (AvgIpc) is 3.20. The molecule has 1 aliphatic rings. The topological polar surface area (TPSA) is 212 Å². The van der Waals surface area contributed by atoms with Crippen LogP contribution in [0.15, 0.2) is 48.6 Å². The van der Waals surface area contributed by atoms with Crippen molar-refractivity contribution < 1.29 is 57.0 Å². The second-order valence-electron chi connectivity index (χ2n) is 15.8. The Labute approximate surface area is 356 Å². The summed E-state index contributed by atoms with van der Waals surface area (Å²) in [6.07, 6.45) is 30.5. The number of carbonyl (C=O) groups is 1. The van der Waals surface area contributed by atoms with Crippen LogP contribution in [0.1, 0.15) is 168 Å². The van der Waals surface area contributed by atoms with E-state index in [1.807, 2.05) is 0 Å². The van der Waals surface area contributed by atoms with Gasteiger partial charge in [0.15, 0.2) is 6.29 Å². The normalized spacial score (nSPS) is 21.9. The maximum absolute atomic E-state index is 13.1. The van der Waals surface area contributed by atoms with Gasteiger partial charge in [0.05, 0.1) is 25.4 Å². The first kappa shape index (κ1) is 55.0. The molecule has 8 atom stereocenters. The van der Waals surface area contributed by atoms with Crippen LogP contribution in [0.5, 0.6) is 0 Å². The van der Waals surface area contributed by atoms with Crippen molar-refractivity contribution in [2.24, 2.45) is 0 Å². The largest absolute Gasteiger partial charge is 0.397 e. The molecular weight excluding hydrogens is 779 g/mol. The molecule has 0 radical (unpaired) electrons. The number of rotatable bonds is 37. The van der Waals surface area contributed by atoms with Gasteiger partial charge in [0, 0.05) is 0 Å². The SMILES string of the molecule is CCCCCCC/C=C/CC/C=C/CC/C=C/C(O)C(COC1OC(CO)C(O)C(OS(=O)(=O)O)C1O)NC(=O)C(O)CCCCCC/C=C\CCCCCCCCC. The molecule has 59 heavy (non-hydrogen) atoms. The van der Waals surface area contributed by atoms with Gasteiger partial charge < -0.3 is 40.3 Å². The number of aliphatic hydroxyl groups is 5. The Hall–Kier alpha value is -1.98. The molecule has 1 saturated heterocycles. The lowest BCUT2D eigenvalue weighted by Crippen LogP contribution is -2.61. The Morgan fingerprint density at radius 2 is 1.14 bits per heavy atom. The molecule has 8 unspecified atom stereocenters. The van der Waals surface area contributed by atoms with Crippen molar-refractivity contribution in [1.29, 1.82) is 0 Å². The minimum atomic E-state index is -5.12. The summed E-state index contributed by atoms with van der Waals surface area (Å²) in [5, 5.41) is 55.1. The number of carbonyl (C=O) groups excluding carboxylic acids is 1. The third-order valence-corrected chi connectivity index (χ3v) is 10.9. The summed E-state index contributed by atoms with van der Waals surface area (Å²) < 4.78 is 47.4. The molecule has 1 rings (SSSR count). The van der Waals surface area contributed by atoms with Crippen LogP contribution in [0.2, 0.25) is 0 Å². The van der Waals surface area contributed by atoms with Crippen LogP contribution >= 0.6 is 0 Å². The van der Waals surface area contributed by atoms with Crippen molar-refractivity contribution >= 4 is 16.3 Å². The van der Waals surface area contributed by atoms with Gasteiger partial charge in [-0.05, 0) is 70.6 Å². The number of aliphatic hydroxyl groups excluding tert-OH is 5. The van der Waals surface area contributed by atoms with E-state index >= 15 is 0 Å². The summed E-state index contributed by atoms with van der Waals surface area (Å²) in [5.74, 6) is -0.728. The highest BCUT2D eigenvalue weighted by Gasteiger charge is 2.48. The van der Waals surface area contributed by atoms with Gasteiger partial charge in [-0.25, -0.2) is 4.18 Å². The monoisotopic (exact) mass is 860 g/mol. The predicted molar refractivity (Wildman–Crippen MR) is 233 cm³/mol. The average molecular weight is 860 g/mol. The number of allylic oxidation sites excluding steroid dienone is 7. The smallest absolute Gasteiger partial charge is 0.394 e. The fraction of sp³-hybridized carbons (Fsp3) is 0.800. The molecule has 1 fully saturated rings. The maximum Gasteiger partial charge on any atom is 0.397 e. The van der Waals surface area contributed by atoms with Crippen molar-refractivity contribution in [2.45, 2.75) is 217 Å². The zero-order chi connectivity index (χ0) is 43.6. The summed E-state index contributed by atoms with van der Waals surface area (Å²) in [7, 11) is -5.12. The van der Waals surface area contributed by atoms with E-state index in [1.54, 1.807) is 6.08 Å². The van der Waals surface area contributed by atoms with Gasteiger partial charge in [0.2, 0.25) is 5.91 Å². The Bertz CT molecular complexity index is 1260. The van der Waals surface area contributed by atoms with Crippen molar-refractivity contribution in [3.63, 3.8) is 0 Å². The Morgan fingerprint density at radius 1 is 0.678 bits per heavy atom. The number of hydrogen-bond acceptors (Lipinski definition) is 11. The third-order valence-electron chi connectivity index (χ3n) is 10.4. The highest BCUT2D eigenvalue weighted by atomic mass is 32.3. The maximum atomic E-state index is 13.1. The van der Waals surface area contributed by atoms with Crippen LogP contribution in [-0.2, 0) is 28.9 Å². The summed E-state index contributed by atoms with van der Waals surface area (Å²) in [4.78, 5) is 13.1. The quantitative estimate of drug-likeness (QED) is 0.0184. The minimum Gasteiger partial charge on any atom is -0.394 e. The Kier molecular flexibility index (Phi) is 33.2. The zero-order valence-electron chi connectivity index (χ0n) is 36.2. The lowest BCUT2D eigenvalue weighted by molar-refractivity contribution is -0.298. The molecule has 13 nitrogen and oxygen atoms in total. The first-order chi connectivity index (χ1) is 28.4. The summed E-state index contributed by atoms with van der Waals surface area (Å²) >= 11 is 0. The van der Waals surface area contributed by atoms with E-state index in [0.717, 1.165) is 57.8 Å². The van der Waals surface area contributed by atoms with E-state index in [2.05, 4.69) is 59.8 Å². The van der Waals surface area contributed by atoms with Gasteiger partial charge in [0.1, 0.15) is 30.5 Å². The van der Waals surface area contributed by atoms with Crippen LogP contribution < -0.4 is 5.32 Å². The summed E-state index contributed by atoms with van der Waals surface area (Å²) in [6.45, 7) is 3.15. The fourth-order valence-corrected chi connectivity index (χ4v) is 7.29. The number of amides is 1. The second-order valence-corrected chi connectivity index (χ2v) is 16.8. The first-order valence-electron chi connectivity index (χ1n) is 22.6. The Morgan fingerprint density at radius 3 is 1.63 bits per heavy atom. The van der Waals surface area contributed by atoms with Gasteiger partial charge in [-0.15, -0.1) is 0 Å². The molecule has 1 aliphatic heterocycles. The highest BCUT2D eigenvalue weighted by molar-refractivity contribution is 7.80. The number of ether oxygens (including phenoxy) is 2. The summed E-state index contributed by atoms with van der Waals surface area (Å²) in [6, 6.07) is -1.15. The van der Waals surface area contributed by atoms with E-state index in [0.29, 0.717) is 12.8 Å². The number of nitrogens with one attached hydrogen (secondary N) is 1. The van der Waals surface area contributed by atoms with Crippen LogP contribution in [0.25, 0.3) is 0 Å². The van der Waals surface area contributed by atoms with Gasteiger partial charge in [0.25, 0.3) is 0 Å². The molecule has 344 valence electrons. The minimum absolute atomic E-state index is 0.218. The lowest BCUT2D eigenvalue weighted by Gasteiger charge is -2.41. The second kappa shape index (κ2) is 35.6. The van der Waals surface area contributed by atoms with E-state index < -0.39 is 78.5 Å². The van der Waals surface area contributed by atoms with E-state index in [9.17, 15) is 38.7 Å². The molecule has 0 saturated carbocycles. The van der Waals surface area contributed by atoms with Crippen molar-refractivity contribution in [1.82, 2.24) is 5.32 Å². The summed E-state index contributed by atoms with van der Waals surface area (Å²) in [5.41, 5.74) is 0. The van der Waals surface area contributed by atoms with Crippen molar-refractivity contribution in [3.8, 4) is 0 Å². The standard InChI is InChI=1S/C45H81NO12S/c1-3-5-7-9-11-13-15-17-19-21-23-25-27-29-31-33-38(48)37(36-56-45-42(51)43(58-59(53,54)55)41(50)40(35-47)57-45)46-44(52)39(49)34-32-30-28-26-24-22-20-18-16-14-12-10-8-6-4-2/h15,17,20,22-23,25,31,33,37-43,45,47-51H,3-14,16,18-19,21,24,26-30,32,34-36H2,1-2H3,(H,46,52)(H,53,54,55)/b17-15+,22-20-,25-23+,33-31+. The van der Waals surface area contributed by atoms with Crippen LogP contribution in [0.4, 0.5) is 0 Å². The predicted octanol–water partition coefficient (Wildman–Crippen LogP) is 7.46. The van der Waals surface area contributed by atoms with E-state index in [4.69, 9.17) is 14.0 Å². The molecule has 0 aromatic carbocycles. The van der Waals surface area contributed by atoms with Gasteiger partial charge in [-0.3, -0.25) is 9.35 Å².